The van der Waals surface area contributed by atoms with Crippen LogP contribution in [-0.2, 0) is 14.3 Å². The molecule has 0 amide bonds. The normalized spacial score (nSPS) is 22.4. The van der Waals surface area contributed by atoms with Crippen LogP contribution in [0.15, 0.2) is 22.8 Å². The summed E-state index contributed by atoms with van der Waals surface area (Å²) in [6, 6.07) is 0. The Hall–Kier alpha value is -1.38. The van der Waals surface area contributed by atoms with Gasteiger partial charge in [0.25, 0.3) is 0 Å². The van der Waals surface area contributed by atoms with Crippen molar-refractivity contribution in [2.45, 2.75) is 46.5 Å². The van der Waals surface area contributed by atoms with Crippen LogP contribution in [0, 0.1) is 5.41 Å². The minimum Gasteiger partial charge on any atom is -0.462 e. The van der Waals surface area contributed by atoms with E-state index in [9.17, 15) is 9.59 Å². The lowest BCUT2D eigenvalue weighted by Gasteiger charge is -2.35. The monoisotopic (exact) mass is 248 g/mol. The van der Waals surface area contributed by atoms with E-state index in [1.807, 2.05) is 13.8 Å². The van der Waals surface area contributed by atoms with Crippen molar-refractivity contribution in [2.75, 3.05) is 6.61 Å². The average Bonchev–Trinajstić information content (AvgIpc) is 2.77. The molecule has 0 unspecified atom stereocenters. The Morgan fingerprint density at radius 1 is 1.33 bits per heavy atom. The number of carbonyl (C=O) groups is 2. The Morgan fingerprint density at radius 2 is 1.94 bits per heavy atom. The van der Waals surface area contributed by atoms with Gasteiger partial charge in [0.1, 0.15) is 5.57 Å². The summed E-state index contributed by atoms with van der Waals surface area (Å²) in [5.74, 6) is -0.656. The number of esters is 1. The number of ether oxygens (including phenoxy) is 1. The molecule has 1 fully saturated rings. The summed E-state index contributed by atoms with van der Waals surface area (Å²) in [4.78, 5) is 24.0. The van der Waals surface area contributed by atoms with Gasteiger partial charge in [0.15, 0.2) is 5.78 Å². The van der Waals surface area contributed by atoms with E-state index in [4.69, 9.17) is 4.74 Å². The lowest BCUT2D eigenvalue weighted by molar-refractivity contribution is -0.139. The molecule has 2 aliphatic rings. The fourth-order valence-electron chi connectivity index (χ4n) is 3.33. The van der Waals surface area contributed by atoms with Crippen molar-refractivity contribution in [1.29, 1.82) is 0 Å². The van der Waals surface area contributed by atoms with Gasteiger partial charge in [-0.15, -0.1) is 0 Å². The molecule has 0 atom stereocenters. The molecule has 0 radical (unpaired) electrons. The molecule has 0 saturated heterocycles. The third-order valence-electron chi connectivity index (χ3n) is 4.38. The summed E-state index contributed by atoms with van der Waals surface area (Å²) in [7, 11) is 0. The van der Waals surface area contributed by atoms with Crippen LogP contribution in [0.1, 0.15) is 46.5 Å². The summed E-state index contributed by atoms with van der Waals surface area (Å²) >= 11 is 0. The predicted molar refractivity (Wildman–Crippen MR) is 69.0 cm³/mol. The van der Waals surface area contributed by atoms with Gasteiger partial charge in [-0.25, -0.2) is 4.79 Å². The molecule has 0 aromatic heterocycles. The zero-order valence-electron chi connectivity index (χ0n) is 11.3. The summed E-state index contributed by atoms with van der Waals surface area (Å²) in [5.41, 5.74) is 2.24. The van der Waals surface area contributed by atoms with E-state index in [2.05, 4.69) is 0 Å². The smallest absolute Gasteiger partial charge is 0.342 e. The summed E-state index contributed by atoms with van der Waals surface area (Å²) < 4.78 is 5.01. The molecule has 2 aliphatic carbocycles. The minimum atomic E-state index is -0.463. The predicted octanol–water partition coefficient (Wildman–Crippen LogP) is 2.96. The van der Waals surface area contributed by atoms with E-state index < -0.39 is 5.97 Å². The first-order valence-corrected chi connectivity index (χ1v) is 6.64. The van der Waals surface area contributed by atoms with Gasteiger partial charge < -0.3 is 4.74 Å². The fraction of sp³-hybridized carbons (Fsp3) is 0.600. The van der Waals surface area contributed by atoms with Crippen molar-refractivity contribution >= 4 is 11.8 Å². The van der Waals surface area contributed by atoms with Gasteiger partial charge in [-0.1, -0.05) is 18.4 Å². The molecule has 98 valence electrons. The van der Waals surface area contributed by atoms with Crippen LogP contribution in [-0.4, -0.2) is 18.4 Å². The van der Waals surface area contributed by atoms with Gasteiger partial charge >= 0.3 is 5.97 Å². The third kappa shape index (κ3) is 1.82. The molecule has 1 spiro atoms. The lowest BCUT2D eigenvalue weighted by Crippen LogP contribution is -2.30. The molecule has 3 heteroatoms. The van der Waals surface area contributed by atoms with Crippen molar-refractivity contribution in [2.24, 2.45) is 5.41 Å². The number of carbonyl (C=O) groups excluding carboxylic acids is 2. The molecule has 0 aromatic carbocycles. The molecule has 0 heterocycles. The zero-order chi connectivity index (χ0) is 13.3. The standard InChI is InChI=1S/C15H20O3/c1-4-18-14(17)13-11(3)15(7-5-6-8-15)10(2)9-12(13)16/h9H,4-8H2,1-3H3. The fourth-order valence-corrected chi connectivity index (χ4v) is 3.33. The van der Waals surface area contributed by atoms with E-state index >= 15 is 0 Å². The average molecular weight is 248 g/mol. The molecule has 0 aliphatic heterocycles. The topological polar surface area (TPSA) is 43.4 Å². The summed E-state index contributed by atoms with van der Waals surface area (Å²) in [5, 5.41) is 0. The van der Waals surface area contributed by atoms with Crippen LogP contribution in [0.25, 0.3) is 0 Å². The SMILES string of the molecule is CCOC(=O)C1=C(C)C2(CCCC2)C(C)=CC1=O. The first kappa shape index (κ1) is 13.1. The van der Waals surface area contributed by atoms with Crippen LogP contribution < -0.4 is 0 Å². The third-order valence-corrected chi connectivity index (χ3v) is 4.38. The van der Waals surface area contributed by atoms with Gasteiger partial charge in [0, 0.05) is 5.41 Å². The quantitative estimate of drug-likeness (QED) is 0.557. The highest BCUT2D eigenvalue weighted by molar-refractivity contribution is 6.23. The largest absolute Gasteiger partial charge is 0.462 e. The van der Waals surface area contributed by atoms with Crippen molar-refractivity contribution in [1.82, 2.24) is 0 Å². The molecular formula is C15H20O3. The molecule has 0 aromatic rings. The molecule has 3 nitrogen and oxygen atoms in total. The highest BCUT2D eigenvalue weighted by Crippen LogP contribution is 2.52. The Bertz CT molecular complexity index is 448. The number of allylic oxidation sites excluding steroid dienone is 3. The van der Waals surface area contributed by atoms with E-state index in [0.29, 0.717) is 6.61 Å². The molecule has 2 rings (SSSR count). The lowest BCUT2D eigenvalue weighted by atomic mass is 9.68. The Labute approximate surface area is 108 Å². The van der Waals surface area contributed by atoms with Crippen LogP contribution in [0.3, 0.4) is 0 Å². The molecule has 0 N–H and O–H groups in total. The number of rotatable bonds is 2. The van der Waals surface area contributed by atoms with Crippen molar-refractivity contribution in [3.8, 4) is 0 Å². The van der Waals surface area contributed by atoms with Gasteiger partial charge in [0.2, 0.25) is 0 Å². The van der Waals surface area contributed by atoms with Gasteiger partial charge in [-0.05, 0) is 45.3 Å². The second kappa shape index (κ2) is 4.71. The molecule has 18 heavy (non-hydrogen) atoms. The van der Waals surface area contributed by atoms with Crippen LogP contribution in [0.5, 0.6) is 0 Å². The van der Waals surface area contributed by atoms with Crippen LogP contribution in [0.2, 0.25) is 0 Å². The van der Waals surface area contributed by atoms with Gasteiger partial charge in [-0.2, -0.15) is 0 Å². The van der Waals surface area contributed by atoms with Crippen molar-refractivity contribution in [3.05, 3.63) is 22.8 Å². The van der Waals surface area contributed by atoms with E-state index in [-0.39, 0.29) is 16.8 Å². The second-order valence-electron chi connectivity index (χ2n) is 5.20. The first-order chi connectivity index (χ1) is 8.53. The van der Waals surface area contributed by atoms with E-state index in [1.54, 1.807) is 13.0 Å². The van der Waals surface area contributed by atoms with Crippen molar-refractivity contribution in [3.63, 3.8) is 0 Å². The summed E-state index contributed by atoms with van der Waals surface area (Å²) in [6.45, 7) is 5.99. The first-order valence-electron chi connectivity index (χ1n) is 6.64. The van der Waals surface area contributed by atoms with Crippen LogP contribution in [0.4, 0.5) is 0 Å². The van der Waals surface area contributed by atoms with Crippen LogP contribution >= 0.6 is 0 Å². The highest BCUT2D eigenvalue weighted by atomic mass is 16.5. The molecule has 0 bridgehead atoms. The maximum atomic E-state index is 12.0. The van der Waals surface area contributed by atoms with Gasteiger partial charge in [0.05, 0.1) is 6.61 Å². The Morgan fingerprint density at radius 3 is 2.50 bits per heavy atom. The molecule has 1 saturated carbocycles. The van der Waals surface area contributed by atoms with E-state index in [0.717, 1.165) is 36.8 Å². The number of hydrogen-bond acceptors (Lipinski definition) is 3. The maximum Gasteiger partial charge on any atom is 0.342 e. The maximum absolute atomic E-state index is 12.0. The highest BCUT2D eigenvalue weighted by Gasteiger charge is 2.43. The van der Waals surface area contributed by atoms with E-state index in [1.165, 1.54) is 0 Å². The molecular weight excluding hydrogens is 228 g/mol. The second-order valence-corrected chi connectivity index (χ2v) is 5.20. The zero-order valence-corrected chi connectivity index (χ0v) is 11.3. The Balaban J connectivity index is 2.46. The minimum absolute atomic E-state index is 0.0595. The van der Waals surface area contributed by atoms with Crippen molar-refractivity contribution < 1.29 is 14.3 Å². The summed E-state index contributed by atoms with van der Waals surface area (Å²) in [6.07, 6.45) is 6.03. The number of ketones is 1. The van der Waals surface area contributed by atoms with Gasteiger partial charge in [-0.3, -0.25) is 4.79 Å². The Kier molecular flexibility index (Phi) is 3.42. The number of hydrogen-bond donors (Lipinski definition) is 0.